The molecule has 0 spiro atoms. The molecule has 34 nitrogen and oxygen atoms in total. The maximum Gasteiger partial charge on any atom is 0.222 e. The van der Waals surface area contributed by atoms with E-state index in [1.807, 2.05) is 20.8 Å². The van der Waals surface area contributed by atoms with Gasteiger partial charge in [0.1, 0.15) is 48.7 Å². The minimum atomic E-state index is -1.44. The number of hydrogen-bond acceptors (Lipinski definition) is 25. The molecule has 2 fully saturated rings. The summed E-state index contributed by atoms with van der Waals surface area (Å²) in [6.07, 6.45) is -6.56. The van der Waals surface area contributed by atoms with Gasteiger partial charge in [-0.05, 0) is 78.6 Å². The molecule has 0 aromatic carbocycles. The van der Waals surface area contributed by atoms with Crippen LogP contribution in [-0.2, 0) is 81.0 Å². The van der Waals surface area contributed by atoms with Crippen LogP contribution in [0.25, 0.3) is 0 Å². The smallest absolute Gasteiger partial charge is 0.222 e. The third kappa shape index (κ3) is 39.6. The van der Waals surface area contributed by atoms with Crippen LogP contribution in [0.2, 0.25) is 0 Å². The molecule has 0 radical (unpaired) electrons. The highest BCUT2D eigenvalue weighted by Gasteiger charge is 2.47. The number of rotatable bonds is 52. The Morgan fingerprint density at radius 2 is 0.747 bits per heavy atom. The molecule has 2 saturated heterocycles. The molecule has 550 valence electrons. The molecule has 10 unspecified atom stereocenters. The molecule has 2 heterocycles. The lowest BCUT2D eigenvalue weighted by Gasteiger charge is -2.42. The number of nitrogens with one attached hydrogen (secondary N) is 10. The van der Waals surface area contributed by atoms with Crippen LogP contribution in [0.5, 0.6) is 0 Å². The molecule has 0 aromatic heterocycles. The van der Waals surface area contributed by atoms with E-state index in [-0.39, 0.29) is 159 Å². The molecule has 17 N–H and O–H groups in total. The average Bonchev–Trinajstić information content (AvgIpc) is 0.854. The Kier molecular flexibility index (Phi) is 44.3. The molecule has 2 aliphatic heterocycles. The standard InChI is InChI=1S/C61H112N10O24/c1-40(74)68-34-51(83)91-28-10-7-16-45(77)62-22-13-25-65-48(80)19-31-88-37-61(71-60(4,5)6,38-89-32-20-49(81)66-26-14-23-63-46(78)17-8-11-29-92-58-52(69-41(2)75)56(86)54(84)43(35-72)94-58)39-90-33-21-50(82)67-27-15-24-64-47(79)18-9-12-30-93-59-53(70-42(3)76)57(87)55(85)44(36-73)95-59/h43-44,51-59,71-73,83-87H,7-39H2,1-6H3,(H,62,77)(H,63,78)(H,64,79)(H,65,80)(H,66,81)(H,67,82)(H,68,74)(H,69,75)(H,70,76)/t43?,44?,51-,52?,53?,54?,55?,56?,57?,58?,59?,61?/m0/s1. The van der Waals surface area contributed by atoms with Gasteiger partial charge in [-0.1, -0.05) is 0 Å². The highest BCUT2D eigenvalue weighted by Crippen LogP contribution is 2.24. The summed E-state index contributed by atoms with van der Waals surface area (Å²) in [6, 6.07) is -2.14. The zero-order chi connectivity index (χ0) is 70.6. The van der Waals surface area contributed by atoms with Crippen LogP contribution in [0.1, 0.15) is 138 Å². The number of carbonyl (C=O) groups excluding carboxylic acids is 9. The Hall–Kier alpha value is -5.41. The number of aliphatic hydroxyl groups excluding tert-OH is 7. The molecular formula is C61H112N10O24. The van der Waals surface area contributed by atoms with Crippen LogP contribution in [0.4, 0.5) is 0 Å². The van der Waals surface area contributed by atoms with Crippen LogP contribution in [0.15, 0.2) is 0 Å². The van der Waals surface area contributed by atoms with Gasteiger partial charge in [0.2, 0.25) is 53.2 Å². The predicted molar refractivity (Wildman–Crippen MR) is 339 cm³/mol. The second-order valence-electron chi connectivity index (χ2n) is 24.5. The number of amides is 9. The first-order valence-electron chi connectivity index (χ1n) is 32.9. The zero-order valence-electron chi connectivity index (χ0n) is 56.3. The van der Waals surface area contributed by atoms with Crippen LogP contribution >= 0.6 is 0 Å². The number of ether oxygens (including phenoxy) is 8. The molecule has 2 aliphatic rings. The summed E-state index contributed by atoms with van der Waals surface area (Å²) in [5, 5.41) is 97.9. The third-order valence-electron chi connectivity index (χ3n) is 14.5. The van der Waals surface area contributed by atoms with Crippen molar-refractivity contribution in [2.24, 2.45) is 0 Å². The third-order valence-corrected chi connectivity index (χ3v) is 14.5. The van der Waals surface area contributed by atoms with Crippen molar-refractivity contribution in [2.45, 2.75) is 217 Å². The van der Waals surface area contributed by atoms with E-state index >= 15 is 0 Å². The van der Waals surface area contributed by atoms with E-state index in [0.717, 1.165) is 0 Å². The monoisotopic (exact) mass is 1370 g/mol. The van der Waals surface area contributed by atoms with Gasteiger partial charge in [-0.15, -0.1) is 0 Å². The topological polar surface area (TPSA) is 489 Å². The Labute approximate surface area is 556 Å². The van der Waals surface area contributed by atoms with Crippen LogP contribution in [0, 0.1) is 0 Å². The van der Waals surface area contributed by atoms with Crippen molar-refractivity contribution in [3.63, 3.8) is 0 Å². The predicted octanol–water partition coefficient (Wildman–Crippen LogP) is -4.90. The first kappa shape index (κ1) is 85.7. The first-order valence-corrected chi connectivity index (χ1v) is 32.9. The highest BCUT2D eigenvalue weighted by molar-refractivity contribution is 5.78. The lowest BCUT2D eigenvalue weighted by Crippen LogP contribution is -2.64. The van der Waals surface area contributed by atoms with Crippen LogP contribution in [0.3, 0.4) is 0 Å². The lowest BCUT2D eigenvalue weighted by molar-refractivity contribution is -0.270. The number of hydrogen-bond donors (Lipinski definition) is 17. The van der Waals surface area contributed by atoms with Crippen LogP contribution in [-0.4, -0.2) is 286 Å². The number of carbonyl (C=O) groups is 9. The van der Waals surface area contributed by atoms with Gasteiger partial charge in [0, 0.05) is 124 Å². The second kappa shape index (κ2) is 49.2. The van der Waals surface area contributed by atoms with E-state index in [1.54, 1.807) is 0 Å². The Balaban J connectivity index is 1.82. The van der Waals surface area contributed by atoms with Crippen LogP contribution < -0.4 is 53.2 Å². The first-order chi connectivity index (χ1) is 45.2. The molecule has 0 aliphatic carbocycles. The van der Waals surface area contributed by atoms with Gasteiger partial charge >= 0.3 is 0 Å². The van der Waals surface area contributed by atoms with Crippen molar-refractivity contribution < 1.29 is 117 Å². The highest BCUT2D eigenvalue weighted by atomic mass is 16.7. The Morgan fingerprint density at radius 3 is 1.05 bits per heavy atom. The largest absolute Gasteiger partial charge is 0.394 e. The molecule has 95 heavy (non-hydrogen) atoms. The quantitative estimate of drug-likeness (QED) is 0.0200. The Morgan fingerprint density at radius 1 is 0.421 bits per heavy atom. The zero-order valence-corrected chi connectivity index (χ0v) is 56.3. The van der Waals surface area contributed by atoms with E-state index < -0.39 is 104 Å². The van der Waals surface area contributed by atoms with Crippen molar-refractivity contribution in [1.82, 2.24) is 53.2 Å². The summed E-state index contributed by atoms with van der Waals surface area (Å²) in [5.41, 5.74) is -1.56. The molecule has 0 bridgehead atoms. The van der Waals surface area contributed by atoms with Gasteiger partial charge in [0.25, 0.3) is 0 Å². The summed E-state index contributed by atoms with van der Waals surface area (Å²) >= 11 is 0. The maximum absolute atomic E-state index is 12.9. The van der Waals surface area contributed by atoms with Gasteiger partial charge in [-0.3, -0.25) is 43.2 Å². The minimum Gasteiger partial charge on any atom is -0.394 e. The molecular weight excluding hydrogens is 1260 g/mol. The lowest BCUT2D eigenvalue weighted by atomic mass is 9.97. The minimum absolute atomic E-state index is 0.000822. The van der Waals surface area contributed by atoms with Gasteiger partial charge in [-0.25, -0.2) is 0 Å². The molecule has 0 saturated carbocycles. The van der Waals surface area contributed by atoms with Crippen molar-refractivity contribution >= 4 is 53.2 Å². The van der Waals surface area contributed by atoms with Crippen molar-refractivity contribution in [1.29, 1.82) is 0 Å². The van der Waals surface area contributed by atoms with Crippen molar-refractivity contribution in [3.8, 4) is 0 Å². The molecule has 9 amide bonds. The van der Waals surface area contributed by atoms with Gasteiger partial charge in [0.05, 0.1) is 64.9 Å². The molecule has 0 aromatic rings. The van der Waals surface area contributed by atoms with E-state index in [0.29, 0.717) is 84.0 Å². The van der Waals surface area contributed by atoms with E-state index in [2.05, 4.69) is 53.2 Å². The number of aliphatic hydroxyl groups is 7. The van der Waals surface area contributed by atoms with E-state index in [1.165, 1.54) is 20.8 Å². The van der Waals surface area contributed by atoms with Crippen molar-refractivity contribution in [2.75, 3.05) is 118 Å². The normalized spacial score (nSPS) is 22.1. The molecule has 34 heteroatoms. The second-order valence-corrected chi connectivity index (χ2v) is 24.5. The summed E-state index contributed by atoms with van der Waals surface area (Å²) in [6.45, 7) is 10.7. The fourth-order valence-corrected chi connectivity index (χ4v) is 9.79. The van der Waals surface area contributed by atoms with E-state index in [4.69, 9.17) is 37.9 Å². The Bertz CT molecular complexity index is 2140. The van der Waals surface area contributed by atoms with E-state index in [9.17, 15) is 78.9 Å². The fourth-order valence-electron chi connectivity index (χ4n) is 9.79. The van der Waals surface area contributed by atoms with Gasteiger partial charge in [-0.2, -0.15) is 0 Å². The van der Waals surface area contributed by atoms with Gasteiger partial charge < -0.3 is 127 Å². The molecule has 11 atom stereocenters. The fraction of sp³-hybridized carbons (Fsp3) is 0.852. The van der Waals surface area contributed by atoms with Crippen molar-refractivity contribution in [3.05, 3.63) is 0 Å². The summed E-state index contributed by atoms with van der Waals surface area (Å²) in [4.78, 5) is 110. The summed E-state index contributed by atoms with van der Waals surface area (Å²) in [7, 11) is 0. The summed E-state index contributed by atoms with van der Waals surface area (Å²) in [5.74, 6) is -2.68. The molecule has 2 rings (SSSR count). The average molecular weight is 1370 g/mol. The van der Waals surface area contributed by atoms with Gasteiger partial charge in [0.15, 0.2) is 18.9 Å². The SMILES string of the molecule is CC(=O)NC[C@@H](O)OCCCCC(=O)NCCCNC(=O)CCOCC(COCCC(=O)NCCCNC(=O)CCCCOC1OC(CO)C(O)C(O)C1NC(C)=O)(COCCC(=O)NCCCNC(=O)CCCCOC1OC(CO)C(O)C(O)C1NC(C)=O)NC(C)(C)C. The maximum atomic E-state index is 12.9. The summed E-state index contributed by atoms with van der Waals surface area (Å²) < 4.78 is 46.0. The number of unbranched alkanes of at least 4 members (excludes halogenated alkanes) is 3.